The number of amides is 2. The van der Waals surface area contributed by atoms with Gasteiger partial charge in [-0.3, -0.25) is 14.7 Å². The van der Waals surface area contributed by atoms with E-state index >= 15 is 0 Å². The molecule has 0 saturated carbocycles. The van der Waals surface area contributed by atoms with E-state index in [1.807, 2.05) is 0 Å². The van der Waals surface area contributed by atoms with Crippen molar-refractivity contribution in [3.63, 3.8) is 0 Å². The van der Waals surface area contributed by atoms with Crippen LogP contribution in [0.3, 0.4) is 0 Å². The molecule has 170 valence electrons. The molecule has 2 amide bonds. The third kappa shape index (κ3) is 5.16. The number of aromatic nitrogens is 1. The van der Waals surface area contributed by atoms with Crippen molar-refractivity contribution >= 4 is 18.0 Å². The lowest BCUT2D eigenvalue weighted by molar-refractivity contribution is -0.156. The van der Waals surface area contributed by atoms with Gasteiger partial charge in [0.15, 0.2) is 0 Å². The van der Waals surface area contributed by atoms with Gasteiger partial charge in [0.25, 0.3) is 0 Å². The lowest BCUT2D eigenvalue weighted by atomic mass is 9.79. The van der Waals surface area contributed by atoms with Crippen molar-refractivity contribution < 1.29 is 29.0 Å². The number of hydrogen-bond donors (Lipinski definition) is 2. The van der Waals surface area contributed by atoms with E-state index in [2.05, 4.69) is 10.3 Å². The zero-order chi connectivity index (χ0) is 23.5. The standard InChI is InChI=1S/C23H27N3O6/c1-23(2,3)32-22(30)26(13-14-5-7-16(31-4)8-6-14)19(15-9-11-24-12-10-15)17-18(21(28)29)25-20(17)27/h5-12,17-19H,13H2,1-4H3,(H,25,27)(H,28,29)/t17-,18-,19?/m1/s1. The molecular weight excluding hydrogens is 414 g/mol. The van der Waals surface area contributed by atoms with Crippen LogP contribution in [0.2, 0.25) is 0 Å². The Morgan fingerprint density at radius 1 is 1.16 bits per heavy atom. The number of rotatable bonds is 7. The fourth-order valence-corrected chi connectivity index (χ4v) is 3.60. The molecule has 9 nitrogen and oxygen atoms in total. The van der Waals surface area contributed by atoms with Gasteiger partial charge >= 0.3 is 12.1 Å². The summed E-state index contributed by atoms with van der Waals surface area (Å²) >= 11 is 0. The van der Waals surface area contributed by atoms with Gasteiger partial charge in [-0.2, -0.15) is 0 Å². The molecule has 1 aliphatic heterocycles. The van der Waals surface area contributed by atoms with Crippen molar-refractivity contribution in [2.45, 2.75) is 45.0 Å². The van der Waals surface area contributed by atoms with Crippen LogP contribution in [0.5, 0.6) is 5.75 Å². The van der Waals surface area contributed by atoms with Crippen LogP contribution in [0, 0.1) is 5.92 Å². The Balaban J connectivity index is 2.06. The number of aliphatic carboxylic acids is 1. The van der Waals surface area contributed by atoms with E-state index < -0.39 is 41.6 Å². The molecule has 0 aliphatic carbocycles. The van der Waals surface area contributed by atoms with Gasteiger partial charge < -0.3 is 19.9 Å². The Morgan fingerprint density at radius 2 is 1.78 bits per heavy atom. The zero-order valence-electron chi connectivity index (χ0n) is 18.4. The normalized spacial score (nSPS) is 18.7. The predicted octanol–water partition coefficient (Wildman–Crippen LogP) is 2.77. The molecule has 0 bridgehead atoms. The quantitative estimate of drug-likeness (QED) is 0.634. The second-order valence-electron chi connectivity index (χ2n) is 8.53. The van der Waals surface area contributed by atoms with Crippen molar-refractivity contribution in [3.05, 3.63) is 59.9 Å². The molecule has 1 fully saturated rings. The summed E-state index contributed by atoms with van der Waals surface area (Å²) < 4.78 is 10.8. The number of β-lactam (4-membered cyclic amide) rings is 1. The number of carbonyl (C=O) groups is 3. The lowest BCUT2D eigenvalue weighted by Gasteiger charge is -2.44. The molecule has 3 rings (SSSR count). The monoisotopic (exact) mass is 441 g/mol. The summed E-state index contributed by atoms with van der Waals surface area (Å²) in [5, 5.41) is 12.0. The molecule has 1 unspecified atom stereocenters. The summed E-state index contributed by atoms with van der Waals surface area (Å²) in [5.74, 6) is -1.93. The van der Waals surface area contributed by atoms with Crippen LogP contribution in [0.25, 0.3) is 0 Å². The van der Waals surface area contributed by atoms with E-state index in [1.165, 1.54) is 17.3 Å². The maximum absolute atomic E-state index is 13.3. The summed E-state index contributed by atoms with van der Waals surface area (Å²) in [6.45, 7) is 5.33. The van der Waals surface area contributed by atoms with Gasteiger partial charge in [-0.15, -0.1) is 0 Å². The number of nitrogens with zero attached hydrogens (tertiary/aromatic N) is 2. The van der Waals surface area contributed by atoms with E-state index in [0.717, 1.165) is 5.56 Å². The Bertz CT molecular complexity index is 971. The van der Waals surface area contributed by atoms with E-state index in [4.69, 9.17) is 9.47 Å². The zero-order valence-corrected chi connectivity index (χ0v) is 18.4. The largest absolute Gasteiger partial charge is 0.497 e. The SMILES string of the molecule is COc1ccc(CN(C(=O)OC(C)(C)C)C(c2ccncc2)[C@@H]2C(=O)N[C@H]2C(=O)O)cc1. The molecule has 1 aliphatic rings. The van der Waals surface area contributed by atoms with Gasteiger partial charge in [-0.1, -0.05) is 12.1 Å². The van der Waals surface area contributed by atoms with Crippen molar-refractivity contribution in [1.82, 2.24) is 15.2 Å². The Kier molecular flexibility index (Phi) is 6.67. The van der Waals surface area contributed by atoms with Gasteiger partial charge in [0.05, 0.1) is 19.1 Å². The number of pyridine rings is 1. The number of carboxylic acids is 1. The number of carbonyl (C=O) groups excluding carboxylic acids is 2. The minimum absolute atomic E-state index is 0.0992. The first kappa shape index (κ1) is 23.1. The molecule has 0 spiro atoms. The molecule has 2 heterocycles. The maximum Gasteiger partial charge on any atom is 0.411 e. The smallest absolute Gasteiger partial charge is 0.411 e. The van der Waals surface area contributed by atoms with Gasteiger partial charge in [0, 0.05) is 18.9 Å². The van der Waals surface area contributed by atoms with E-state index in [9.17, 15) is 19.5 Å². The van der Waals surface area contributed by atoms with Gasteiger partial charge in [0.1, 0.15) is 17.4 Å². The van der Waals surface area contributed by atoms with Gasteiger partial charge in [0.2, 0.25) is 5.91 Å². The topological polar surface area (TPSA) is 118 Å². The fraction of sp³-hybridized carbons (Fsp3) is 0.391. The predicted molar refractivity (Wildman–Crippen MR) is 115 cm³/mol. The highest BCUT2D eigenvalue weighted by Gasteiger charge is 2.52. The number of ether oxygens (including phenoxy) is 2. The minimum Gasteiger partial charge on any atom is -0.497 e. The molecule has 1 aromatic heterocycles. The number of carboxylic acid groups (broad SMARTS) is 1. The first-order chi connectivity index (χ1) is 15.1. The number of benzene rings is 1. The van der Waals surface area contributed by atoms with E-state index in [1.54, 1.807) is 64.3 Å². The summed E-state index contributed by atoms with van der Waals surface area (Å²) in [5.41, 5.74) is 0.569. The fourth-order valence-electron chi connectivity index (χ4n) is 3.60. The average Bonchev–Trinajstić information content (AvgIpc) is 2.73. The molecule has 2 aromatic rings. The third-order valence-corrected chi connectivity index (χ3v) is 5.09. The number of hydrogen-bond acceptors (Lipinski definition) is 6. The van der Waals surface area contributed by atoms with Crippen LogP contribution in [-0.2, 0) is 20.9 Å². The van der Waals surface area contributed by atoms with Crippen LogP contribution >= 0.6 is 0 Å². The lowest BCUT2D eigenvalue weighted by Crippen LogP contribution is -2.66. The second kappa shape index (κ2) is 9.25. The molecule has 1 aromatic carbocycles. The molecule has 3 atom stereocenters. The highest BCUT2D eigenvalue weighted by Crippen LogP contribution is 2.37. The first-order valence-corrected chi connectivity index (χ1v) is 10.2. The summed E-state index contributed by atoms with van der Waals surface area (Å²) in [6, 6.07) is 8.47. The average molecular weight is 441 g/mol. The molecule has 2 N–H and O–H groups in total. The Morgan fingerprint density at radius 3 is 2.28 bits per heavy atom. The van der Waals surface area contributed by atoms with Crippen LogP contribution < -0.4 is 10.1 Å². The Hall–Kier alpha value is -3.62. The molecule has 9 heteroatoms. The van der Waals surface area contributed by atoms with Crippen molar-refractivity contribution in [1.29, 1.82) is 0 Å². The summed E-state index contributed by atoms with van der Waals surface area (Å²) in [6.07, 6.45) is 2.42. The van der Waals surface area contributed by atoms with Crippen molar-refractivity contribution in [2.75, 3.05) is 7.11 Å². The molecule has 0 radical (unpaired) electrons. The van der Waals surface area contributed by atoms with Gasteiger partial charge in [-0.05, 0) is 56.2 Å². The summed E-state index contributed by atoms with van der Waals surface area (Å²) in [4.78, 5) is 43.0. The molecule has 1 saturated heterocycles. The van der Waals surface area contributed by atoms with Gasteiger partial charge in [-0.25, -0.2) is 9.59 Å². The van der Waals surface area contributed by atoms with Crippen molar-refractivity contribution in [2.24, 2.45) is 5.92 Å². The van der Waals surface area contributed by atoms with Crippen molar-refractivity contribution in [3.8, 4) is 5.75 Å². The third-order valence-electron chi connectivity index (χ3n) is 5.09. The van der Waals surface area contributed by atoms with Crippen LogP contribution in [0.15, 0.2) is 48.8 Å². The maximum atomic E-state index is 13.3. The second-order valence-corrected chi connectivity index (χ2v) is 8.53. The van der Waals surface area contributed by atoms with E-state index in [0.29, 0.717) is 11.3 Å². The Labute approximate surface area is 186 Å². The molecular formula is C23H27N3O6. The minimum atomic E-state index is -1.16. The van der Waals surface area contributed by atoms with Crippen LogP contribution in [0.1, 0.15) is 37.9 Å². The highest BCUT2D eigenvalue weighted by molar-refractivity contribution is 5.97. The number of methoxy groups -OCH3 is 1. The van der Waals surface area contributed by atoms with E-state index in [-0.39, 0.29) is 6.54 Å². The highest BCUT2D eigenvalue weighted by atomic mass is 16.6. The molecule has 32 heavy (non-hydrogen) atoms. The number of nitrogens with one attached hydrogen (secondary N) is 1. The van der Waals surface area contributed by atoms with Crippen LogP contribution in [-0.4, -0.2) is 51.7 Å². The first-order valence-electron chi connectivity index (χ1n) is 10.2. The van der Waals surface area contributed by atoms with Crippen LogP contribution in [0.4, 0.5) is 4.79 Å². The summed E-state index contributed by atoms with van der Waals surface area (Å²) in [7, 11) is 1.56.